The normalized spacial score (nSPS) is 15.6. The van der Waals surface area contributed by atoms with Crippen molar-refractivity contribution >= 4 is 11.3 Å². The molecule has 1 saturated carbocycles. The second kappa shape index (κ2) is 5.30. The van der Waals surface area contributed by atoms with E-state index in [1.165, 1.54) is 18.4 Å². The summed E-state index contributed by atoms with van der Waals surface area (Å²) in [7, 11) is 0. The molecular formula is C17H21NOS. The minimum Gasteiger partial charge on any atom is -0.385 e. The molecule has 1 aromatic carbocycles. The van der Waals surface area contributed by atoms with Crippen molar-refractivity contribution in [3.8, 4) is 0 Å². The molecule has 0 atom stereocenters. The zero-order chi connectivity index (χ0) is 14.2. The van der Waals surface area contributed by atoms with Crippen molar-refractivity contribution in [2.45, 2.75) is 51.0 Å². The van der Waals surface area contributed by atoms with Gasteiger partial charge in [0.2, 0.25) is 0 Å². The zero-order valence-corrected chi connectivity index (χ0v) is 12.9. The number of nitrogens with zero attached hydrogens (tertiary/aromatic N) is 1. The Morgan fingerprint density at radius 3 is 2.50 bits per heavy atom. The van der Waals surface area contributed by atoms with Gasteiger partial charge in [-0.1, -0.05) is 30.3 Å². The fourth-order valence-electron chi connectivity index (χ4n) is 2.45. The summed E-state index contributed by atoms with van der Waals surface area (Å²) < 4.78 is 0. The summed E-state index contributed by atoms with van der Waals surface area (Å²) in [5.74, 6) is 0.596. The van der Waals surface area contributed by atoms with E-state index >= 15 is 0 Å². The predicted molar refractivity (Wildman–Crippen MR) is 83.2 cm³/mol. The highest BCUT2D eigenvalue weighted by molar-refractivity contribution is 7.11. The van der Waals surface area contributed by atoms with Crippen LogP contribution in [0.25, 0.3) is 0 Å². The van der Waals surface area contributed by atoms with Crippen LogP contribution in [0.2, 0.25) is 0 Å². The molecule has 0 bridgehead atoms. The fourth-order valence-corrected chi connectivity index (χ4v) is 3.60. The van der Waals surface area contributed by atoms with E-state index in [-0.39, 0.29) is 0 Å². The van der Waals surface area contributed by atoms with Gasteiger partial charge < -0.3 is 5.11 Å². The fraction of sp³-hybridized carbons (Fsp3) is 0.471. The van der Waals surface area contributed by atoms with Gasteiger partial charge in [0, 0.05) is 12.3 Å². The van der Waals surface area contributed by atoms with Gasteiger partial charge in [-0.3, -0.25) is 0 Å². The molecule has 2 aromatic rings. The summed E-state index contributed by atoms with van der Waals surface area (Å²) in [6, 6.07) is 10.5. The van der Waals surface area contributed by atoms with Crippen LogP contribution in [0.1, 0.15) is 53.7 Å². The Kier molecular flexibility index (Phi) is 3.65. The van der Waals surface area contributed by atoms with E-state index in [1.54, 1.807) is 11.3 Å². The van der Waals surface area contributed by atoms with E-state index in [4.69, 9.17) is 4.98 Å². The highest BCUT2D eigenvalue weighted by Crippen LogP contribution is 2.45. The van der Waals surface area contributed by atoms with Crippen molar-refractivity contribution in [1.82, 2.24) is 4.98 Å². The van der Waals surface area contributed by atoms with Gasteiger partial charge in [0.1, 0.15) is 0 Å². The number of benzene rings is 1. The Morgan fingerprint density at radius 1 is 1.20 bits per heavy atom. The third-order valence-electron chi connectivity index (χ3n) is 3.69. The van der Waals surface area contributed by atoms with Gasteiger partial charge in [-0.2, -0.15) is 0 Å². The quantitative estimate of drug-likeness (QED) is 0.900. The van der Waals surface area contributed by atoms with E-state index in [0.717, 1.165) is 28.4 Å². The first-order valence-corrected chi connectivity index (χ1v) is 8.12. The van der Waals surface area contributed by atoms with Crippen LogP contribution in [0, 0.1) is 0 Å². The Bertz CT molecular complexity index is 579. The third kappa shape index (κ3) is 3.10. The summed E-state index contributed by atoms with van der Waals surface area (Å²) in [4.78, 5) is 5.88. The first-order valence-electron chi connectivity index (χ1n) is 7.30. The van der Waals surface area contributed by atoms with E-state index in [9.17, 15) is 5.11 Å². The van der Waals surface area contributed by atoms with Crippen LogP contribution >= 0.6 is 11.3 Å². The Balaban J connectivity index is 1.77. The van der Waals surface area contributed by atoms with Gasteiger partial charge >= 0.3 is 0 Å². The minimum atomic E-state index is -0.763. The van der Waals surface area contributed by atoms with Crippen LogP contribution in [0.15, 0.2) is 30.3 Å². The lowest BCUT2D eigenvalue weighted by Gasteiger charge is -2.16. The third-order valence-corrected chi connectivity index (χ3v) is 5.13. The molecule has 106 valence electrons. The molecule has 1 N–H and O–H groups in total. The Hall–Kier alpha value is -1.19. The maximum atomic E-state index is 10.3. The average Bonchev–Trinajstić information content (AvgIpc) is 3.16. The van der Waals surface area contributed by atoms with E-state index in [0.29, 0.717) is 5.92 Å². The lowest BCUT2D eigenvalue weighted by molar-refractivity contribution is 0.0813. The Morgan fingerprint density at radius 2 is 1.90 bits per heavy atom. The average molecular weight is 287 g/mol. The number of hydrogen-bond donors (Lipinski definition) is 1. The number of aliphatic hydroxyl groups is 1. The summed E-state index contributed by atoms with van der Waals surface area (Å²) in [6.07, 6.45) is 4.43. The molecule has 3 heteroatoms. The molecule has 3 rings (SSSR count). The molecule has 0 aliphatic heterocycles. The molecule has 0 spiro atoms. The first kappa shape index (κ1) is 13.8. The van der Waals surface area contributed by atoms with Crippen molar-refractivity contribution < 1.29 is 5.11 Å². The summed E-state index contributed by atoms with van der Waals surface area (Å²) in [5, 5.41) is 11.5. The van der Waals surface area contributed by atoms with Crippen molar-refractivity contribution in [2.75, 3.05) is 0 Å². The zero-order valence-electron chi connectivity index (χ0n) is 12.1. The minimum absolute atomic E-state index is 0.596. The van der Waals surface area contributed by atoms with Gasteiger partial charge in [0.15, 0.2) is 0 Å². The van der Waals surface area contributed by atoms with Crippen LogP contribution in [0.5, 0.6) is 0 Å². The largest absolute Gasteiger partial charge is 0.385 e. The van der Waals surface area contributed by atoms with Gasteiger partial charge in [-0.25, -0.2) is 4.98 Å². The topological polar surface area (TPSA) is 33.1 Å². The summed E-state index contributed by atoms with van der Waals surface area (Å²) >= 11 is 1.69. The highest BCUT2D eigenvalue weighted by atomic mass is 32.1. The second-order valence-electron chi connectivity index (χ2n) is 6.14. The summed E-state index contributed by atoms with van der Waals surface area (Å²) in [5.41, 5.74) is 1.74. The molecule has 1 heterocycles. The van der Waals surface area contributed by atoms with Gasteiger partial charge in [0.05, 0.1) is 21.2 Å². The standard InChI is InChI=1S/C17H21NOS/c1-17(2,19)16-15(13-9-10-13)18-14(20-16)11-8-12-6-4-3-5-7-12/h3-7,13,19H,8-11H2,1-2H3. The van der Waals surface area contributed by atoms with Crippen molar-refractivity contribution in [3.05, 3.63) is 51.5 Å². The van der Waals surface area contributed by atoms with E-state index in [2.05, 4.69) is 24.3 Å². The maximum absolute atomic E-state index is 10.3. The molecule has 1 fully saturated rings. The lowest BCUT2D eigenvalue weighted by atomic mass is 10.0. The molecule has 2 nitrogen and oxygen atoms in total. The number of aryl methyl sites for hydroxylation is 2. The molecule has 0 radical (unpaired) electrons. The van der Waals surface area contributed by atoms with Crippen LogP contribution < -0.4 is 0 Å². The molecule has 0 amide bonds. The van der Waals surface area contributed by atoms with Gasteiger partial charge in [-0.15, -0.1) is 11.3 Å². The number of hydrogen-bond acceptors (Lipinski definition) is 3. The number of rotatable bonds is 5. The van der Waals surface area contributed by atoms with Crippen LogP contribution in [-0.2, 0) is 18.4 Å². The van der Waals surface area contributed by atoms with Crippen LogP contribution in [-0.4, -0.2) is 10.1 Å². The summed E-state index contributed by atoms with van der Waals surface area (Å²) in [6.45, 7) is 3.74. The monoisotopic (exact) mass is 287 g/mol. The lowest BCUT2D eigenvalue weighted by Crippen LogP contribution is -2.15. The van der Waals surface area contributed by atoms with Gasteiger partial charge in [-0.05, 0) is 38.7 Å². The molecule has 1 aliphatic carbocycles. The Labute approximate surface area is 124 Å². The van der Waals surface area contributed by atoms with Crippen LogP contribution in [0.3, 0.4) is 0 Å². The molecule has 0 saturated heterocycles. The van der Waals surface area contributed by atoms with Gasteiger partial charge in [0.25, 0.3) is 0 Å². The van der Waals surface area contributed by atoms with Crippen molar-refractivity contribution in [3.63, 3.8) is 0 Å². The SMILES string of the molecule is CC(C)(O)c1sc(CCc2ccccc2)nc1C1CC1. The maximum Gasteiger partial charge on any atom is 0.0951 e. The van der Waals surface area contributed by atoms with Crippen molar-refractivity contribution in [2.24, 2.45) is 0 Å². The first-order chi connectivity index (χ1) is 9.54. The van der Waals surface area contributed by atoms with E-state index < -0.39 is 5.60 Å². The van der Waals surface area contributed by atoms with Crippen LogP contribution in [0.4, 0.5) is 0 Å². The second-order valence-corrected chi connectivity index (χ2v) is 7.22. The number of aromatic nitrogens is 1. The molecule has 1 aromatic heterocycles. The molecule has 0 unspecified atom stereocenters. The molecule has 1 aliphatic rings. The molecule has 20 heavy (non-hydrogen) atoms. The van der Waals surface area contributed by atoms with Crippen molar-refractivity contribution in [1.29, 1.82) is 0 Å². The van der Waals surface area contributed by atoms with E-state index in [1.807, 2.05) is 19.9 Å². The smallest absolute Gasteiger partial charge is 0.0951 e. The predicted octanol–water partition coefficient (Wildman–Crippen LogP) is 4.03. The molecular weight excluding hydrogens is 266 g/mol. The number of thiazole rings is 1. The highest BCUT2D eigenvalue weighted by Gasteiger charge is 2.34.